The summed E-state index contributed by atoms with van der Waals surface area (Å²) in [6, 6.07) is 0. The van der Waals surface area contributed by atoms with Crippen molar-refractivity contribution < 1.29 is 24.6 Å². The van der Waals surface area contributed by atoms with Crippen LogP contribution >= 0.6 is 0 Å². The van der Waals surface area contributed by atoms with Gasteiger partial charge in [-0.15, -0.1) is 0 Å². The number of hydrogen-bond acceptors (Lipinski definition) is 4. The van der Waals surface area contributed by atoms with Crippen molar-refractivity contribution in [1.82, 2.24) is 0 Å². The Labute approximate surface area is 56.3 Å². The van der Waals surface area contributed by atoms with Crippen molar-refractivity contribution in [3.63, 3.8) is 0 Å². The normalized spacial score (nSPS) is 12.1. The maximum absolute atomic E-state index is 10.2. The summed E-state index contributed by atoms with van der Waals surface area (Å²) in [6.45, 7) is 0. The van der Waals surface area contributed by atoms with Crippen molar-refractivity contribution in [2.45, 2.75) is 12.5 Å². The second-order valence-electron chi connectivity index (χ2n) is 1.64. The number of carbonyl (C=O) groups excluding carboxylic acids is 2. The average molecular weight is 146 g/mol. The van der Waals surface area contributed by atoms with Gasteiger partial charge < -0.3 is 15.0 Å². The minimum Gasteiger partial charge on any atom is -0.475 e. The van der Waals surface area contributed by atoms with E-state index in [0.29, 0.717) is 0 Å². The Bertz CT molecular complexity index is 161. The van der Waals surface area contributed by atoms with Crippen LogP contribution in [0.3, 0.4) is 0 Å². The van der Waals surface area contributed by atoms with Gasteiger partial charge in [0.15, 0.2) is 0 Å². The van der Waals surface area contributed by atoms with Gasteiger partial charge in [0.05, 0.1) is 6.42 Å². The minimum atomic E-state index is -1.64. The van der Waals surface area contributed by atoms with E-state index in [4.69, 9.17) is 10.2 Å². The number of Topliss-reactive ketones (excluding diaryl/α,β-unsaturated/α-hetero) is 1. The number of ketones is 1. The van der Waals surface area contributed by atoms with Gasteiger partial charge in [0.2, 0.25) is 5.78 Å². The summed E-state index contributed by atoms with van der Waals surface area (Å²) in [7, 11) is 0. The van der Waals surface area contributed by atoms with E-state index in [0.717, 1.165) is 0 Å². The van der Waals surface area contributed by atoms with E-state index in [9.17, 15) is 14.4 Å². The smallest absolute Gasteiger partial charge is 0.372 e. The third-order valence-corrected chi connectivity index (χ3v) is 0.790. The van der Waals surface area contributed by atoms with Crippen molar-refractivity contribution in [2.24, 2.45) is 0 Å². The Balaban J connectivity index is 3.79. The molecule has 0 spiro atoms. The van der Waals surface area contributed by atoms with Crippen LogP contribution in [0.1, 0.15) is 6.42 Å². The lowest BCUT2D eigenvalue weighted by atomic mass is 10.2. The molecule has 1 atom stereocenters. The molecule has 0 radical (unpaired) electrons. The highest BCUT2D eigenvalue weighted by Crippen LogP contribution is 1.88. The molecule has 56 valence electrons. The van der Waals surface area contributed by atoms with Gasteiger partial charge in [-0.2, -0.15) is 0 Å². The Kier molecular flexibility index (Phi) is 3.27. The molecule has 0 aromatic heterocycles. The van der Waals surface area contributed by atoms with Gasteiger partial charge in [-0.1, -0.05) is 0 Å². The first-order chi connectivity index (χ1) is 4.57. The van der Waals surface area contributed by atoms with Crippen LogP contribution in [-0.2, 0) is 14.4 Å². The average Bonchev–Trinajstić information content (AvgIpc) is 1.87. The molecule has 0 rings (SSSR count). The maximum Gasteiger partial charge on any atom is 0.372 e. The number of carboxylic acids is 1. The molecule has 0 aromatic carbocycles. The van der Waals surface area contributed by atoms with Gasteiger partial charge in [0.1, 0.15) is 12.4 Å². The Morgan fingerprint density at radius 3 is 2.30 bits per heavy atom. The van der Waals surface area contributed by atoms with E-state index < -0.39 is 24.3 Å². The highest BCUT2D eigenvalue weighted by molar-refractivity contribution is 6.33. The zero-order chi connectivity index (χ0) is 8.15. The monoisotopic (exact) mass is 146 g/mol. The molecule has 2 N–H and O–H groups in total. The van der Waals surface area contributed by atoms with Crippen molar-refractivity contribution in [3.05, 3.63) is 0 Å². The number of aliphatic carboxylic acids is 1. The van der Waals surface area contributed by atoms with E-state index >= 15 is 0 Å². The molecule has 0 aliphatic carbocycles. The first kappa shape index (κ1) is 8.77. The lowest BCUT2D eigenvalue weighted by Gasteiger charge is -1.95. The number of hydrogen-bond donors (Lipinski definition) is 2. The van der Waals surface area contributed by atoms with E-state index in [1.807, 2.05) is 0 Å². The Morgan fingerprint density at radius 2 is 2.00 bits per heavy atom. The number of carboxylic acid groups (broad SMARTS) is 1. The van der Waals surface area contributed by atoms with Crippen LogP contribution in [-0.4, -0.2) is 34.4 Å². The number of rotatable bonds is 4. The quantitative estimate of drug-likeness (QED) is 0.375. The van der Waals surface area contributed by atoms with Crippen LogP contribution in [0.15, 0.2) is 0 Å². The SMILES string of the molecule is O=C[C@H](O)CC(=O)C(=O)O. The second-order valence-corrected chi connectivity index (χ2v) is 1.64. The van der Waals surface area contributed by atoms with Crippen LogP contribution in [0.4, 0.5) is 0 Å². The van der Waals surface area contributed by atoms with Crippen LogP contribution in [0, 0.1) is 0 Å². The highest BCUT2D eigenvalue weighted by atomic mass is 16.4. The van der Waals surface area contributed by atoms with Crippen LogP contribution < -0.4 is 0 Å². The van der Waals surface area contributed by atoms with Crippen molar-refractivity contribution >= 4 is 18.0 Å². The summed E-state index contributed by atoms with van der Waals surface area (Å²) < 4.78 is 0. The molecule has 10 heavy (non-hydrogen) atoms. The molecule has 0 heterocycles. The summed E-state index contributed by atoms with van der Waals surface area (Å²) in [6.07, 6.45) is -2.04. The fraction of sp³-hybridized carbons (Fsp3) is 0.400. The summed E-state index contributed by atoms with van der Waals surface area (Å²) in [4.78, 5) is 29.6. The van der Waals surface area contributed by atoms with Crippen LogP contribution in [0.25, 0.3) is 0 Å². The molecule has 5 nitrogen and oxygen atoms in total. The third kappa shape index (κ3) is 2.93. The summed E-state index contributed by atoms with van der Waals surface area (Å²) in [5, 5.41) is 16.4. The third-order valence-electron chi connectivity index (χ3n) is 0.790. The first-order valence-corrected chi connectivity index (χ1v) is 2.47. The standard InChI is InChI=1S/C5H6O5/c6-2-3(7)1-4(8)5(9)10/h2-3,7H,1H2,(H,9,10)/t3-/m1/s1. The molecule has 0 aliphatic heterocycles. The van der Waals surface area contributed by atoms with Gasteiger partial charge in [-0.25, -0.2) is 4.79 Å². The topological polar surface area (TPSA) is 91.7 Å². The van der Waals surface area contributed by atoms with Crippen LogP contribution in [0.5, 0.6) is 0 Å². The lowest BCUT2D eigenvalue weighted by Crippen LogP contribution is -2.20. The molecule has 0 fully saturated rings. The van der Waals surface area contributed by atoms with E-state index in [2.05, 4.69) is 0 Å². The first-order valence-electron chi connectivity index (χ1n) is 2.47. The predicted molar refractivity (Wildman–Crippen MR) is 29.3 cm³/mol. The number of carbonyl (C=O) groups is 3. The fourth-order valence-corrected chi connectivity index (χ4v) is 0.325. The van der Waals surface area contributed by atoms with Crippen molar-refractivity contribution in [2.75, 3.05) is 0 Å². The molecule has 0 saturated heterocycles. The van der Waals surface area contributed by atoms with E-state index in [1.54, 1.807) is 0 Å². The molecule has 0 amide bonds. The summed E-state index contributed by atoms with van der Waals surface area (Å²) >= 11 is 0. The Hall–Kier alpha value is -1.23. The predicted octanol–water partition coefficient (Wildman–Crippen LogP) is -1.41. The van der Waals surface area contributed by atoms with E-state index in [-0.39, 0.29) is 6.29 Å². The van der Waals surface area contributed by atoms with E-state index in [1.165, 1.54) is 0 Å². The molecular weight excluding hydrogens is 140 g/mol. The molecule has 0 unspecified atom stereocenters. The maximum atomic E-state index is 10.2. The highest BCUT2D eigenvalue weighted by Gasteiger charge is 2.15. The Morgan fingerprint density at radius 1 is 1.50 bits per heavy atom. The van der Waals surface area contributed by atoms with Crippen molar-refractivity contribution in [1.29, 1.82) is 0 Å². The molecular formula is C5H6O5. The van der Waals surface area contributed by atoms with Gasteiger partial charge >= 0.3 is 5.97 Å². The molecule has 0 aromatic rings. The largest absolute Gasteiger partial charge is 0.475 e. The zero-order valence-corrected chi connectivity index (χ0v) is 4.98. The number of aldehydes is 1. The number of aliphatic hydroxyl groups is 1. The van der Waals surface area contributed by atoms with Crippen LogP contribution in [0.2, 0.25) is 0 Å². The molecule has 0 aliphatic rings. The number of aliphatic hydroxyl groups excluding tert-OH is 1. The second kappa shape index (κ2) is 3.73. The fourth-order valence-electron chi connectivity index (χ4n) is 0.325. The molecule has 5 heteroatoms. The minimum absolute atomic E-state index is 0.112. The lowest BCUT2D eigenvalue weighted by molar-refractivity contribution is -0.150. The van der Waals surface area contributed by atoms with Gasteiger partial charge in [0.25, 0.3) is 0 Å². The summed E-state index contributed by atoms with van der Waals surface area (Å²) in [5.41, 5.74) is 0. The summed E-state index contributed by atoms with van der Waals surface area (Å²) in [5.74, 6) is -2.81. The van der Waals surface area contributed by atoms with Gasteiger partial charge in [-0.05, 0) is 0 Å². The van der Waals surface area contributed by atoms with Gasteiger partial charge in [-0.3, -0.25) is 4.79 Å². The zero-order valence-electron chi connectivity index (χ0n) is 4.98. The van der Waals surface area contributed by atoms with Crippen molar-refractivity contribution in [3.8, 4) is 0 Å². The molecule has 0 bridgehead atoms. The van der Waals surface area contributed by atoms with Gasteiger partial charge in [0, 0.05) is 0 Å². The molecule has 0 saturated carbocycles.